The topological polar surface area (TPSA) is 75.8 Å². The molecule has 0 aromatic heterocycles. The van der Waals surface area contributed by atoms with E-state index in [1.165, 1.54) is 24.0 Å². The fourth-order valence-electron chi connectivity index (χ4n) is 2.27. The summed E-state index contributed by atoms with van der Waals surface area (Å²) < 4.78 is 0. The molecule has 1 aliphatic rings. The Morgan fingerprint density at radius 2 is 1.62 bits per heavy atom. The first-order valence-electron chi connectivity index (χ1n) is 5.59. The Bertz CT molecular complexity index is 334. The van der Waals surface area contributed by atoms with Gasteiger partial charge < -0.3 is 11.5 Å². The number of benzene rings is 1. The quantitative estimate of drug-likeness (QED) is 0.795. The van der Waals surface area contributed by atoms with Gasteiger partial charge >= 0.3 is 0 Å². The van der Waals surface area contributed by atoms with Crippen molar-refractivity contribution in [2.45, 2.75) is 37.8 Å². The molecular formula is C13H19N3. The number of hydrogen-bond donors (Lipinski definition) is 2. The summed E-state index contributed by atoms with van der Waals surface area (Å²) in [6.45, 7) is 4.11. The summed E-state index contributed by atoms with van der Waals surface area (Å²) in [5, 5.41) is 6.50. The first-order chi connectivity index (χ1) is 7.74. The van der Waals surface area contributed by atoms with Crippen LogP contribution in [0.2, 0.25) is 0 Å². The summed E-state index contributed by atoms with van der Waals surface area (Å²) in [6.07, 6.45) is 4.76. The molecule has 0 spiro atoms. The molecule has 0 saturated heterocycles. The van der Waals surface area contributed by atoms with Gasteiger partial charge in [-0.15, -0.1) is 0 Å². The third-order valence-corrected chi connectivity index (χ3v) is 3.26. The fraction of sp³-hybridized carbons (Fsp3) is 0.462. The Hall–Kier alpha value is -1.37. The Morgan fingerprint density at radius 1 is 1.12 bits per heavy atom. The first-order valence-corrected chi connectivity index (χ1v) is 5.59. The largest absolute Gasteiger partial charge is 0.326 e. The van der Waals surface area contributed by atoms with Gasteiger partial charge in [0.15, 0.2) is 0 Å². The van der Waals surface area contributed by atoms with E-state index < -0.39 is 0 Å². The van der Waals surface area contributed by atoms with Crippen molar-refractivity contribution in [3.05, 3.63) is 35.4 Å². The highest BCUT2D eigenvalue weighted by molar-refractivity contribution is 5.29. The summed E-state index contributed by atoms with van der Waals surface area (Å²) >= 11 is 0. The smallest absolute Gasteiger partial charge is 0.0462 e. The zero-order valence-corrected chi connectivity index (χ0v) is 9.52. The van der Waals surface area contributed by atoms with Gasteiger partial charge in [-0.05, 0) is 24.0 Å². The first kappa shape index (κ1) is 12.7. The van der Waals surface area contributed by atoms with E-state index >= 15 is 0 Å². The molecule has 1 aliphatic carbocycles. The summed E-state index contributed by atoms with van der Waals surface area (Å²) in [7, 11) is 0. The Kier molecular flexibility index (Phi) is 4.48. The molecule has 1 saturated carbocycles. The van der Waals surface area contributed by atoms with E-state index in [4.69, 9.17) is 16.7 Å². The summed E-state index contributed by atoms with van der Waals surface area (Å²) in [5.74, 6) is 0. The van der Waals surface area contributed by atoms with E-state index in [9.17, 15) is 0 Å². The van der Waals surface area contributed by atoms with Crippen LogP contribution in [-0.4, -0.2) is 0 Å². The summed E-state index contributed by atoms with van der Waals surface area (Å²) in [5.41, 5.74) is 14.3. The van der Waals surface area contributed by atoms with Crippen molar-refractivity contribution >= 4 is 0 Å². The predicted octanol–water partition coefficient (Wildman–Crippen LogP) is 2.01. The van der Waals surface area contributed by atoms with Crippen molar-refractivity contribution in [3.63, 3.8) is 0 Å². The highest BCUT2D eigenvalue weighted by Gasteiger charge is 2.30. The lowest BCUT2D eigenvalue weighted by molar-refractivity contribution is 0.461. The number of nitrogens with two attached hydrogens (primary N) is 2. The molecule has 2 rings (SSSR count). The van der Waals surface area contributed by atoms with Crippen LogP contribution in [0.25, 0.3) is 0 Å². The van der Waals surface area contributed by atoms with Gasteiger partial charge in [0.2, 0.25) is 0 Å². The van der Waals surface area contributed by atoms with Crippen LogP contribution in [-0.2, 0) is 12.1 Å². The van der Waals surface area contributed by atoms with Crippen molar-refractivity contribution in [1.29, 1.82) is 5.26 Å². The maximum atomic E-state index is 6.50. The van der Waals surface area contributed by atoms with E-state index in [0.29, 0.717) is 6.54 Å². The highest BCUT2D eigenvalue weighted by atomic mass is 14.8. The number of hydrogen-bond acceptors (Lipinski definition) is 3. The SMILES string of the molecule is C#N.NCc1ccc(C2(N)CCCC2)cc1. The molecule has 0 heterocycles. The minimum atomic E-state index is -0.0624. The molecule has 1 aromatic carbocycles. The second kappa shape index (κ2) is 5.64. The molecule has 3 nitrogen and oxygen atoms in total. The van der Waals surface area contributed by atoms with Crippen LogP contribution >= 0.6 is 0 Å². The van der Waals surface area contributed by atoms with Crippen LogP contribution in [0, 0.1) is 11.8 Å². The van der Waals surface area contributed by atoms with Crippen LogP contribution in [0.1, 0.15) is 36.8 Å². The normalized spacial score (nSPS) is 17.5. The predicted molar refractivity (Wildman–Crippen MR) is 65.3 cm³/mol. The molecule has 16 heavy (non-hydrogen) atoms. The highest BCUT2D eigenvalue weighted by Crippen LogP contribution is 2.36. The van der Waals surface area contributed by atoms with Gasteiger partial charge in [-0.3, -0.25) is 0 Å². The third-order valence-electron chi connectivity index (χ3n) is 3.26. The van der Waals surface area contributed by atoms with Gasteiger partial charge in [-0.25, -0.2) is 5.26 Å². The van der Waals surface area contributed by atoms with Crippen molar-refractivity contribution in [3.8, 4) is 6.57 Å². The van der Waals surface area contributed by atoms with E-state index in [0.717, 1.165) is 12.8 Å². The van der Waals surface area contributed by atoms with Gasteiger partial charge in [-0.1, -0.05) is 37.1 Å². The minimum absolute atomic E-state index is 0.0624. The monoisotopic (exact) mass is 217 g/mol. The molecule has 0 aliphatic heterocycles. The molecule has 4 N–H and O–H groups in total. The summed E-state index contributed by atoms with van der Waals surface area (Å²) in [4.78, 5) is 0. The zero-order valence-electron chi connectivity index (χ0n) is 9.52. The minimum Gasteiger partial charge on any atom is -0.326 e. The molecule has 0 amide bonds. The standard InChI is InChI=1S/C12H18N2.CHN/c13-9-10-3-5-11(6-4-10)12(14)7-1-2-8-12;1-2/h3-6H,1-2,7-9,13-14H2;1H. The maximum absolute atomic E-state index is 6.50. The van der Waals surface area contributed by atoms with Crippen molar-refractivity contribution < 1.29 is 0 Å². The Labute approximate surface area is 97.1 Å². The van der Waals surface area contributed by atoms with Crippen molar-refractivity contribution in [2.75, 3.05) is 0 Å². The lowest BCUT2D eigenvalue weighted by atomic mass is 9.89. The Morgan fingerprint density at radius 3 is 2.06 bits per heavy atom. The van der Waals surface area contributed by atoms with E-state index in [2.05, 4.69) is 30.8 Å². The molecule has 3 heteroatoms. The van der Waals surface area contributed by atoms with E-state index in [1.54, 1.807) is 0 Å². The molecule has 0 atom stereocenters. The fourth-order valence-corrected chi connectivity index (χ4v) is 2.27. The second-order valence-electron chi connectivity index (χ2n) is 4.26. The van der Waals surface area contributed by atoms with Gasteiger partial charge in [-0.2, -0.15) is 0 Å². The lowest BCUT2D eigenvalue weighted by Crippen LogP contribution is -2.32. The van der Waals surface area contributed by atoms with Crippen LogP contribution in [0.4, 0.5) is 0 Å². The average molecular weight is 217 g/mol. The van der Waals surface area contributed by atoms with Crippen LogP contribution in [0.5, 0.6) is 0 Å². The second-order valence-corrected chi connectivity index (χ2v) is 4.26. The van der Waals surface area contributed by atoms with Gasteiger partial charge in [0.05, 0.1) is 0 Å². The van der Waals surface area contributed by atoms with Crippen LogP contribution < -0.4 is 11.5 Å². The lowest BCUT2D eigenvalue weighted by Gasteiger charge is -2.24. The van der Waals surface area contributed by atoms with Gasteiger partial charge in [0.1, 0.15) is 0 Å². The molecular weight excluding hydrogens is 198 g/mol. The number of rotatable bonds is 2. The summed E-state index contributed by atoms with van der Waals surface area (Å²) in [6, 6.07) is 8.44. The van der Waals surface area contributed by atoms with Gasteiger partial charge in [0.25, 0.3) is 0 Å². The molecule has 0 bridgehead atoms. The molecule has 86 valence electrons. The Balaban J connectivity index is 0.000000606. The van der Waals surface area contributed by atoms with E-state index in [-0.39, 0.29) is 5.54 Å². The van der Waals surface area contributed by atoms with Crippen LogP contribution in [0.15, 0.2) is 24.3 Å². The third kappa shape index (κ3) is 2.60. The number of nitrogens with zero attached hydrogens (tertiary/aromatic N) is 1. The maximum Gasteiger partial charge on any atom is 0.0462 e. The molecule has 0 unspecified atom stereocenters. The average Bonchev–Trinajstić information content (AvgIpc) is 2.80. The zero-order chi connectivity index (χ0) is 12.0. The van der Waals surface area contributed by atoms with Crippen molar-refractivity contribution in [1.82, 2.24) is 0 Å². The molecule has 1 fully saturated rings. The van der Waals surface area contributed by atoms with Crippen LogP contribution in [0.3, 0.4) is 0 Å². The van der Waals surface area contributed by atoms with Crippen molar-refractivity contribution in [2.24, 2.45) is 11.5 Å². The number of nitriles is 1. The van der Waals surface area contributed by atoms with Gasteiger partial charge in [0, 0.05) is 18.7 Å². The molecule has 0 radical (unpaired) electrons. The molecule has 1 aromatic rings. The van der Waals surface area contributed by atoms with E-state index in [1.807, 2.05) is 0 Å².